The van der Waals surface area contributed by atoms with Crippen molar-refractivity contribution in [1.82, 2.24) is 19.6 Å². The molecule has 7 heteroatoms. The van der Waals surface area contributed by atoms with Crippen molar-refractivity contribution in [3.05, 3.63) is 146 Å². The van der Waals surface area contributed by atoms with Crippen LogP contribution in [0, 0.1) is 13.8 Å². The maximum absolute atomic E-state index is 14.1. The molecule has 0 saturated carbocycles. The molecule has 38 heavy (non-hydrogen) atoms. The van der Waals surface area contributed by atoms with Crippen molar-refractivity contribution in [2.24, 2.45) is 0 Å². The van der Waals surface area contributed by atoms with E-state index in [1.54, 1.807) is 6.07 Å². The number of phenolic OH excluding ortho intramolecular Hbond substituents is 1. The summed E-state index contributed by atoms with van der Waals surface area (Å²) in [6.45, 7) is 3.64. The minimum atomic E-state index is -0.830. The number of aromatic nitrogens is 4. The predicted molar refractivity (Wildman–Crippen MR) is 149 cm³/mol. The second-order valence-electron chi connectivity index (χ2n) is 9.41. The number of hydrogen-bond donors (Lipinski definition) is 3. The Labute approximate surface area is 218 Å². The van der Waals surface area contributed by atoms with Gasteiger partial charge in [-0.2, -0.15) is 0 Å². The zero-order valence-corrected chi connectivity index (χ0v) is 21.0. The molecule has 0 bridgehead atoms. The summed E-state index contributed by atoms with van der Waals surface area (Å²) in [5, 5.41) is 19.3. The van der Waals surface area contributed by atoms with Crippen LogP contribution in [-0.4, -0.2) is 24.7 Å². The third-order valence-electron chi connectivity index (χ3n) is 7.08. The Hall–Kier alpha value is -5.04. The maximum atomic E-state index is 14.1. The molecule has 0 spiro atoms. The van der Waals surface area contributed by atoms with Gasteiger partial charge in [0, 0.05) is 17.0 Å². The Morgan fingerprint density at radius 2 is 1.08 bits per heavy atom. The minimum absolute atomic E-state index is 0.0197. The van der Waals surface area contributed by atoms with Crippen molar-refractivity contribution in [3.8, 4) is 17.1 Å². The van der Waals surface area contributed by atoms with Crippen LogP contribution in [0.15, 0.2) is 107 Å². The first-order valence-corrected chi connectivity index (χ1v) is 12.4. The first-order chi connectivity index (χ1) is 18.5. The number of aromatic amines is 2. The molecule has 2 heterocycles. The van der Waals surface area contributed by atoms with E-state index in [1.165, 1.54) is 9.36 Å². The lowest BCUT2D eigenvalue weighted by molar-refractivity contribution is 0.468. The number of para-hydroxylation sites is 2. The first kappa shape index (κ1) is 23.4. The van der Waals surface area contributed by atoms with Crippen LogP contribution in [0.1, 0.15) is 34.0 Å². The molecular formula is C31H26N4O3. The van der Waals surface area contributed by atoms with Gasteiger partial charge in [0.15, 0.2) is 0 Å². The van der Waals surface area contributed by atoms with E-state index in [0.29, 0.717) is 39.5 Å². The fourth-order valence-electron chi connectivity index (χ4n) is 5.34. The fourth-order valence-corrected chi connectivity index (χ4v) is 5.34. The zero-order valence-electron chi connectivity index (χ0n) is 21.0. The summed E-state index contributed by atoms with van der Waals surface area (Å²) in [5.74, 6) is -0.810. The minimum Gasteiger partial charge on any atom is -0.508 e. The highest BCUT2D eigenvalue weighted by Gasteiger charge is 2.33. The number of rotatable bonds is 5. The number of nitrogens with one attached hydrogen (secondary N) is 2. The van der Waals surface area contributed by atoms with Crippen molar-refractivity contribution in [2.75, 3.05) is 0 Å². The standard InChI is InChI=1S/C31H26N4O3/c1-19-26(30(37)34(32-19)22-12-5-3-6-13-22)29(28-24-16-10-9-11-21(24)17-18-25(28)36)27-20(2)33-35(31(27)38)23-14-7-4-8-15-23/h3-18,29,32-33,36H,1-2H3. The summed E-state index contributed by atoms with van der Waals surface area (Å²) in [6.07, 6.45) is 0. The monoisotopic (exact) mass is 502 g/mol. The van der Waals surface area contributed by atoms with Gasteiger partial charge in [0.05, 0.1) is 28.4 Å². The summed E-state index contributed by atoms with van der Waals surface area (Å²) in [5.41, 5.74) is 3.35. The predicted octanol–water partition coefficient (Wildman–Crippen LogP) is 5.30. The van der Waals surface area contributed by atoms with E-state index < -0.39 is 5.92 Å². The van der Waals surface area contributed by atoms with Gasteiger partial charge in [-0.1, -0.05) is 66.7 Å². The molecule has 0 unspecified atom stereocenters. The Morgan fingerprint density at radius 1 is 0.605 bits per heavy atom. The second-order valence-corrected chi connectivity index (χ2v) is 9.41. The normalized spacial score (nSPS) is 11.4. The average molecular weight is 503 g/mol. The summed E-state index contributed by atoms with van der Waals surface area (Å²) in [7, 11) is 0. The molecule has 0 aliphatic heterocycles. The molecule has 0 aliphatic rings. The summed E-state index contributed by atoms with van der Waals surface area (Å²) in [4.78, 5) is 28.1. The molecule has 3 N–H and O–H groups in total. The summed E-state index contributed by atoms with van der Waals surface area (Å²) < 4.78 is 2.97. The van der Waals surface area contributed by atoms with Gasteiger partial charge in [0.2, 0.25) is 0 Å². The van der Waals surface area contributed by atoms with E-state index in [0.717, 1.165) is 10.8 Å². The number of aryl methyl sites for hydroxylation is 2. The van der Waals surface area contributed by atoms with Crippen LogP contribution in [0.2, 0.25) is 0 Å². The van der Waals surface area contributed by atoms with Crippen molar-refractivity contribution in [3.63, 3.8) is 0 Å². The van der Waals surface area contributed by atoms with Gasteiger partial charge < -0.3 is 5.11 Å². The van der Waals surface area contributed by atoms with Gasteiger partial charge in [-0.15, -0.1) is 0 Å². The van der Waals surface area contributed by atoms with E-state index >= 15 is 0 Å². The van der Waals surface area contributed by atoms with Gasteiger partial charge in [-0.3, -0.25) is 19.8 Å². The molecule has 0 fully saturated rings. The maximum Gasteiger partial charge on any atom is 0.275 e. The highest BCUT2D eigenvalue weighted by Crippen LogP contribution is 2.41. The van der Waals surface area contributed by atoms with Crippen molar-refractivity contribution in [2.45, 2.75) is 19.8 Å². The molecule has 0 aliphatic carbocycles. The Morgan fingerprint density at radius 3 is 1.61 bits per heavy atom. The van der Waals surface area contributed by atoms with Gasteiger partial charge in [0.25, 0.3) is 11.1 Å². The lowest BCUT2D eigenvalue weighted by Crippen LogP contribution is -2.25. The van der Waals surface area contributed by atoms with Crippen LogP contribution in [0.25, 0.3) is 22.1 Å². The summed E-state index contributed by atoms with van der Waals surface area (Å²) >= 11 is 0. The molecule has 188 valence electrons. The van der Waals surface area contributed by atoms with Gasteiger partial charge in [-0.05, 0) is 55.0 Å². The second kappa shape index (κ2) is 9.12. The lowest BCUT2D eigenvalue weighted by atomic mass is 9.82. The summed E-state index contributed by atoms with van der Waals surface area (Å²) in [6, 6.07) is 29.7. The van der Waals surface area contributed by atoms with Gasteiger partial charge in [-0.25, -0.2) is 9.36 Å². The number of phenols is 1. The van der Waals surface area contributed by atoms with Crippen LogP contribution in [0.3, 0.4) is 0 Å². The molecule has 2 aromatic heterocycles. The molecule has 0 radical (unpaired) electrons. The van der Waals surface area contributed by atoms with Crippen LogP contribution < -0.4 is 11.1 Å². The topological polar surface area (TPSA) is 95.8 Å². The molecule has 6 aromatic rings. The van der Waals surface area contributed by atoms with E-state index in [2.05, 4.69) is 10.2 Å². The molecule has 0 atom stereocenters. The third-order valence-corrected chi connectivity index (χ3v) is 7.08. The van der Waals surface area contributed by atoms with E-state index in [-0.39, 0.29) is 16.9 Å². The van der Waals surface area contributed by atoms with Crippen LogP contribution in [0.4, 0.5) is 0 Å². The van der Waals surface area contributed by atoms with Crippen LogP contribution >= 0.6 is 0 Å². The number of benzene rings is 4. The van der Waals surface area contributed by atoms with Crippen molar-refractivity contribution < 1.29 is 5.11 Å². The molecular weight excluding hydrogens is 476 g/mol. The van der Waals surface area contributed by atoms with Crippen molar-refractivity contribution >= 4 is 10.8 Å². The number of aromatic hydroxyl groups is 1. The smallest absolute Gasteiger partial charge is 0.275 e. The quantitative estimate of drug-likeness (QED) is 0.299. The number of nitrogens with zero attached hydrogens (tertiary/aromatic N) is 2. The average Bonchev–Trinajstić information content (AvgIpc) is 3.41. The fraction of sp³-hybridized carbons (Fsp3) is 0.0968. The number of hydrogen-bond acceptors (Lipinski definition) is 3. The first-order valence-electron chi connectivity index (χ1n) is 12.4. The molecule has 0 saturated heterocycles. The largest absolute Gasteiger partial charge is 0.508 e. The number of H-pyrrole nitrogens is 2. The van der Waals surface area contributed by atoms with Crippen LogP contribution in [0.5, 0.6) is 5.75 Å². The lowest BCUT2D eigenvalue weighted by Gasteiger charge is -2.19. The molecule has 7 nitrogen and oxygen atoms in total. The van der Waals surface area contributed by atoms with E-state index in [1.807, 2.05) is 105 Å². The number of fused-ring (bicyclic) bond motifs is 1. The molecule has 4 aromatic carbocycles. The van der Waals surface area contributed by atoms with E-state index in [9.17, 15) is 14.7 Å². The van der Waals surface area contributed by atoms with Gasteiger partial charge >= 0.3 is 0 Å². The van der Waals surface area contributed by atoms with Gasteiger partial charge in [0.1, 0.15) is 5.75 Å². The van der Waals surface area contributed by atoms with Crippen molar-refractivity contribution in [1.29, 1.82) is 0 Å². The SMILES string of the molecule is Cc1[nH]n(-c2ccccc2)c(=O)c1C(c1c(C)[nH]n(-c2ccccc2)c1=O)c1c(O)ccc2ccccc12. The Balaban J connectivity index is 1.70. The highest BCUT2D eigenvalue weighted by atomic mass is 16.3. The Kier molecular flexibility index (Phi) is 5.61. The van der Waals surface area contributed by atoms with Crippen LogP contribution in [-0.2, 0) is 0 Å². The molecule has 6 rings (SSSR count). The highest BCUT2D eigenvalue weighted by molar-refractivity contribution is 5.89. The Bertz CT molecular complexity index is 1800. The van der Waals surface area contributed by atoms with E-state index in [4.69, 9.17) is 0 Å². The molecule has 0 amide bonds. The zero-order chi connectivity index (χ0) is 26.4. The third kappa shape index (κ3) is 3.67.